The Morgan fingerprint density at radius 1 is 0.439 bits per heavy atom. The van der Waals surface area contributed by atoms with Gasteiger partial charge in [0.2, 0.25) is 0 Å². The lowest BCUT2D eigenvalue weighted by atomic mass is 9.82. The number of nitrogens with zero attached hydrogens (tertiary/aromatic N) is 1. The van der Waals surface area contributed by atoms with Gasteiger partial charge < -0.3 is 4.57 Å². The first kappa shape index (κ1) is 23.1. The molecule has 0 amide bonds. The summed E-state index contributed by atoms with van der Waals surface area (Å²) in [5.74, 6) is 0. The number of rotatable bonds is 1. The predicted molar refractivity (Wildman–Crippen MR) is 173 cm³/mol. The number of aromatic nitrogens is 1. The molecule has 0 saturated carbocycles. The molecule has 0 bridgehead atoms. The number of hydrogen-bond acceptors (Lipinski definition) is 0. The summed E-state index contributed by atoms with van der Waals surface area (Å²) in [5.41, 5.74) is 14.9. The van der Waals surface area contributed by atoms with Gasteiger partial charge in [-0.2, -0.15) is 0 Å². The van der Waals surface area contributed by atoms with E-state index in [0.717, 1.165) is 0 Å². The van der Waals surface area contributed by atoms with Crippen LogP contribution in [0.5, 0.6) is 0 Å². The zero-order chi connectivity index (χ0) is 27.7. The molecular formula is C40H31N. The van der Waals surface area contributed by atoms with Crippen LogP contribution in [0.3, 0.4) is 0 Å². The monoisotopic (exact) mass is 525 g/mol. The lowest BCUT2D eigenvalue weighted by Gasteiger charge is -2.22. The molecule has 1 aromatic heterocycles. The molecule has 1 nitrogen and oxygen atoms in total. The molecule has 1 heterocycles. The first-order valence-corrected chi connectivity index (χ1v) is 14.7. The molecule has 0 aliphatic heterocycles. The molecule has 1 heteroatoms. The van der Waals surface area contributed by atoms with Gasteiger partial charge in [0.25, 0.3) is 0 Å². The van der Waals surface area contributed by atoms with Gasteiger partial charge in [0.05, 0.1) is 16.7 Å². The maximum atomic E-state index is 2.53. The maximum absolute atomic E-state index is 2.53. The van der Waals surface area contributed by atoms with Crippen LogP contribution in [-0.2, 0) is 10.8 Å². The van der Waals surface area contributed by atoms with Gasteiger partial charge in [0.15, 0.2) is 0 Å². The van der Waals surface area contributed by atoms with Crippen LogP contribution in [0, 0.1) is 0 Å². The second kappa shape index (κ2) is 7.56. The summed E-state index contributed by atoms with van der Waals surface area (Å²) in [7, 11) is 0. The van der Waals surface area contributed by atoms with Crippen molar-refractivity contribution in [2.45, 2.75) is 38.5 Å². The molecule has 0 atom stereocenters. The standard InChI is InChI=1S/C40H31N/c1-39(2)28-15-8-5-12-25(28)36-30(39)17-11-19-33(36)41-32-18-10-7-14-27(32)38-34(41)23-21-24-20-22-31-37(35(24)38)26-13-6-9-16-29(26)40(31,3)4/h5-23H,1-4H3. The Bertz CT molecular complexity index is 2260. The Morgan fingerprint density at radius 3 is 1.78 bits per heavy atom. The zero-order valence-corrected chi connectivity index (χ0v) is 23.9. The van der Waals surface area contributed by atoms with Crippen molar-refractivity contribution in [3.8, 4) is 27.9 Å². The van der Waals surface area contributed by atoms with Gasteiger partial charge >= 0.3 is 0 Å². The van der Waals surface area contributed by atoms with Gasteiger partial charge in [-0.25, -0.2) is 0 Å². The second-order valence-electron chi connectivity index (χ2n) is 12.9. The molecule has 196 valence electrons. The number of para-hydroxylation sites is 1. The van der Waals surface area contributed by atoms with Crippen molar-refractivity contribution in [3.05, 3.63) is 138 Å². The summed E-state index contributed by atoms with van der Waals surface area (Å²) < 4.78 is 2.53. The second-order valence-corrected chi connectivity index (χ2v) is 12.9. The molecule has 0 N–H and O–H groups in total. The highest BCUT2D eigenvalue weighted by molar-refractivity contribution is 6.26. The highest BCUT2D eigenvalue weighted by atomic mass is 15.0. The Hall–Kier alpha value is -4.62. The third kappa shape index (κ3) is 2.72. The largest absolute Gasteiger partial charge is 0.309 e. The summed E-state index contributed by atoms with van der Waals surface area (Å²) in [5, 5.41) is 5.34. The SMILES string of the molecule is CC1(C)c2ccccc2-c2c(-n3c4ccccc4c4c5c6c(ccc5ccc43)C(C)(C)c3ccccc3-6)cccc21. The van der Waals surface area contributed by atoms with E-state index in [0.29, 0.717) is 0 Å². The van der Waals surface area contributed by atoms with Gasteiger partial charge in [0.1, 0.15) is 0 Å². The van der Waals surface area contributed by atoms with Crippen LogP contribution in [0.15, 0.2) is 115 Å². The molecule has 0 fully saturated rings. The molecule has 2 aliphatic rings. The van der Waals surface area contributed by atoms with E-state index in [9.17, 15) is 0 Å². The minimum Gasteiger partial charge on any atom is -0.309 e. The third-order valence-corrected chi connectivity index (χ3v) is 10.2. The van der Waals surface area contributed by atoms with Crippen LogP contribution in [0.2, 0.25) is 0 Å². The minimum atomic E-state index is -0.0382. The number of hydrogen-bond donors (Lipinski definition) is 0. The van der Waals surface area contributed by atoms with Crippen LogP contribution >= 0.6 is 0 Å². The number of fused-ring (bicyclic) bond motifs is 12. The van der Waals surface area contributed by atoms with E-state index in [4.69, 9.17) is 0 Å². The quantitative estimate of drug-likeness (QED) is 0.201. The van der Waals surface area contributed by atoms with E-state index in [2.05, 4.69) is 148 Å². The van der Waals surface area contributed by atoms with Crippen LogP contribution in [0.25, 0.3) is 60.5 Å². The summed E-state index contributed by atoms with van der Waals surface area (Å²) in [6, 6.07) is 43.3. The van der Waals surface area contributed by atoms with Crippen molar-refractivity contribution in [2.75, 3.05) is 0 Å². The van der Waals surface area contributed by atoms with E-state index in [1.165, 1.54) is 82.8 Å². The van der Waals surface area contributed by atoms with E-state index in [-0.39, 0.29) is 10.8 Å². The maximum Gasteiger partial charge on any atom is 0.0548 e. The molecule has 41 heavy (non-hydrogen) atoms. The van der Waals surface area contributed by atoms with Gasteiger partial charge in [-0.1, -0.05) is 125 Å². The molecule has 0 radical (unpaired) electrons. The van der Waals surface area contributed by atoms with Crippen LogP contribution in [0.1, 0.15) is 49.9 Å². The lowest BCUT2D eigenvalue weighted by Crippen LogP contribution is -2.15. The first-order chi connectivity index (χ1) is 19.9. The Kier molecular flexibility index (Phi) is 4.26. The summed E-state index contributed by atoms with van der Waals surface area (Å²) in [6.45, 7) is 9.48. The first-order valence-electron chi connectivity index (χ1n) is 14.7. The van der Waals surface area contributed by atoms with Crippen LogP contribution < -0.4 is 0 Å². The van der Waals surface area contributed by atoms with E-state index in [1.54, 1.807) is 0 Å². The average Bonchev–Trinajstić information content (AvgIpc) is 3.55. The van der Waals surface area contributed by atoms with E-state index in [1.807, 2.05) is 0 Å². The molecular weight excluding hydrogens is 494 g/mol. The van der Waals surface area contributed by atoms with Crippen molar-refractivity contribution in [3.63, 3.8) is 0 Å². The minimum absolute atomic E-state index is 0.0316. The summed E-state index contributed by atoms with van der Waals surface area (Å²) in [4.78, 5) is 0. The molecule has 0 spiro atoms. The Labute approximate surface area is 240 Å². The molecule has 0 saturated heterocycles. The molecule has 9 rings (SSSR count). The van der Waals surface area contributed by atoms with Crippen molar-refractivity contribution >= 4 is 32.6 Å². The van der Waals surface area contributed by atoms with Crippen molar-refractivity contribution in [1.29, 1.82) is 0 Å². The normalized spacial score (nSPS) is 15.7. The van der Waals surface area contributed by atoms with Crippen molar-refractivity contribution in [2.24, 2.45) is 0 Å². The summed E-state index contributed by atoms with van der Waals surface area (Å²) in [6.07, 6.45) is 0. The van der Waals surface area contributed by atoms with Gasteiger partial charge in [-0.05, 0) is 67.9 Å². The fourth-order valence-electron chi connectivity index (χ4n) is 8.25. The lowest BCUT2D eigenvalue weighted by molar-refractivity contribution is 0.660. The molecule has 0 unspecified atom stereocenters. The fraction of sp³-hybridized carbons (Fsp3) is 0.150. The van der Waals surface area contributed by atoms with E-state index < -0.39 is 0 Å². The van der Waals surface area contributed by atoms with Gasteiger partial charge in [0, 0.05) is 27.2 Å². The Balaban J connectivity index is 1.48. The highest BCUT2D eigenvalue weighted by Crippen LogP contribution is 2.55. The predicted octanol–water partition coefficient (Wildman–Crippen LogP) is 10.5. The fourth-order valence-corrected chi connectivity index (χ4v) is 8.25. The number of benzene rings is 6. The van der Waals surface area contributed by atoms with Gasteiger partial charge in [-0.3, -0.25) is 0 Å². The smallest absolute Gasteiger partial charge is 0.0548 e. The highest BCUT2D eigenvalue weighted by Gasteiger charge is 2.38. The third-order valence-electron chi connectivity index (χ3n) is 10.2. The van der Waals surface area contributed by atoms with Crippen LogP contribution in [0.4, 0.5) is 0 Å². The van der Waals surface area contributed by atoms with Crippen molar-refractivity contribution in [1.82, 2.24) is 4.57 Å². The topological polar surface area (TPSA) is 4.93 Å². The van der Waals surface area contributed by atoms with Crippen molar-refractivity contribution < 1.29 is 0 Å². The zero-order valence-electron chi connectivity index (χ0n) is 23.9. The summed E-state index contributed by atoms with van der Waals surface area (Å²) >= 11 is 0. The molecule has 7 aromatic rings. The average molecular weight is 526 g/mol. The Morgan fingerprint density at radius 2 is 1.02 bits per heavy atom. The van der Waals surface area contributed by atoms with Gasteiger partial charge in [-0.15, -0.1) is 0 Å². The molecule has 6 aromatic carbocycles. The molecule has 2 aliphatic carbocycles. The van der Waals surface area contributed by atoms with Crippen LogP contribution in [-0.4, -0.2) is 4.57 Å². The van der Waals surface area contributed by atoms with E-state index >= 15 is 0 Å².